The van der Waals surface area contributed by atoms with Crippen molar-refractivity contribution in [3.05, 3.63) is 69.4 Å². The molecule has 0 spiro atoms. The lowest BCUT2D eigenvalue weighted by Crippen LogP contribution is -2.47. The summed E-state index contributed by atoms with van der Waals surface area (Å²) in [4.78, 5) is 22.4. The molecule has 1 aliphatic carbocycles. The molecule has 7 heteroatoms. The second kappa shape index (κ2) is 12.2. The number of carbonyl (C=O) groups excluding carboxylic acids is 1. The number of aliphatic hydroxyl groups is 1. The zero-order valence-electron chi connectivity index (χ0n) is 20.2. The van der Waals surface area contributed by atoms with Gasteiger partial charge in [-0.1, -0.05) is 60.5 Å². The number of hydrogen-bond acceptors (Lipinski definition) is 5. The lowest BCUT2D eigenvalue weighted by molar-refractivity contribution is -0.116. The van der Waals surface area contributed by atoms with Crippen LogP contribution in [0.25, 0.3) is 11.1 Å². The Morgan fingerprint density at radius 3 is 2.29 bits per heavy atom. The average Bonchev–Trinajstić information content (AvgIpc) is 2.84. The smallest absolute Gasteiger partial charge is 0.168 e. The number of aliphatic imine (C=N–C) groups is 1. The number of piperazine rings is 1. The fourth-order valence-electron chi connectivity index (χ4n) is 5.02. The van der Waals surface area contributed by atoms with E-state index in [0.717, 1.165) is 49.4 Å². The van der Waals surface area contributed by atoms with Crippen LogP contribution in [-0.4, -0.2) is 72.7 Å². The van der Waals surface area contributed by atoms with E-state index in [2.05, 4.69) is 21.7 Å². The molecule has 0 amide bonds. The van der Waals surface area contributed by atoms with Gasteiger partial charge in [-0.3, -0.25) is 14.7 Å². The Balaban J connectivity index is 1.41. The molecule has 1 fully saturated rings. The van der Waals surface area contributed by atoms with Crippen LogP contribution in [0.15, 0.2) is 58.8 Å². The summed E-state index contributed by atoms with van der Waals surface area (Å²) in [6.45, 7) is 9.18. The molecule has 5 nitrogen and oxygen atoms in total. The van der Waals surface area contributed by atoms with E-state index in [0.29, 0.717) is 35.0 Å². The Hall–Kier alpha value is -2.18. The maximum absolute atomic E-state index is 13.0. The van der Waals surface area contributed by atoms with Gasteiger partial charge in [0.05, 0.1) is 12.1 Å². The summed E-state index contributed by atoms with van der Waals surface area (Å²) >= 11 is 12.9. The molecule has 0 saturated carbocycles. The first-order chi connectivity index (χ1) is 17.0. The van der Waals surface area contributed by atoms with Gasteiger partial charge in [0, 0.05) is 67.4 Å². The van der Waals surface area contributed by atoms with Crippen LogP contribution in [-0.2, 0) is 4.79 Å². The third kappa shape index (κ3) is 6.34. The number of aliphatic hydroxyl groups excluding tert-OH is 1. The molecule has 1 atom stereocenters. The molecule has 1 heterocycles. The number of allylic oxidation sites excluding steroid dienone is 2. The van der Waals surface area contributed by atoms with Gasteiger partial charge in [0.2, 0.25) is 0 Å². The number of ketones is 1. The zero-order valence-corrected chi connectivity index (χ0v) is 21.7. The van der Waals surface area contributed by atoms with E-state index in [4.69, 9.17) is 23.2 Å². The van der Waals surface area contributed by atoms with Gasteiger partial charge in [0.25, 0.3) is 0 Å². The van der Waals surface area contributed by atoms with Crippen molar-refractivity contribution in [1.82, 2.24) is 9.80 Å². The second-order valence-corrected chi connectivity index (χ2v) is 10.1. The molecular formula is C28H33Cl2N3O2. The number of Topliss-reactive ketones (excluding diaryl/α,β-unsaturated/α-hetero) is 1. The Labute approximate surface area is 218 Å². The monoisotopic (exact) mass is 513 g/mol. The molecule has 2 aliphatic rings. The van der Waals surface area contributed by atoms with Crippen LogP contribution in [0.1, 0.15) is 37.7 Å². The summed E-state index contributed by atoms with van der Waals surface area (Å²) in [5, 5.41) is 11.9. The average molecular weight is 514 g/mol. The van der Waals surface area contributed by atoms with E-state index in [1.54, 1.807) is 6.21 Å². The van der Waals surface area contributed by atoms with Crippen LogP contribution < -0.4 is 0 Å². The molecule has 186 valence electrons. The second-order valence-electron chi connectivity index (χ2n) is 9.29. The van der Waals surface area contributed by atoms with E-state index in [-0.39, 0.29) is 17.5 Å². The SMILES string of the molecule is CCCN1CCN(CCN=CC2=C(O)CC(c3ccccc3-c3c(Cl)cccc3Cl)CC2=O)CC1. The summed E-state index contributed by atoms with van der Waals surface area (Å²) in [7, 11) is 0. The minimum atomic E-state index is -0.150. The largest absolute Gasteiger partial charge is 0.511 e. The van der Waals surface area contributed by atoms with Crippen molar-refractivity contribution >= 4 is 35.2 Å². The standard InChI is InChI=1S/C28H33Cl2N3O2/c1-2-11-32-13-15-33(16-14-32)12-10-31-19-23-26(34)17-20(18-27(23)35)21-6-3-4-7-22(21)28-24(29)8-5-9-25(28)30/h3-9,19-20,34H,2,10-18H2,1H3. The van der Waals surface area contributed by atoms with Crippen LogP contribution in [0.3, 0.4) is 0 Å². The van der Waals surface area contributed by atoms with Crippen LogP contribution in [0, 0.1) is 0 Å². The summed E-state index contributed by atoms with van der Waals surface area (Å²) in [5.41, 5.74) is 2.94. The summed E-state index contributed by atoms with van der Waals surface area (Å²) in [6.07, 6.45) is 3.45. The highest BCUT2D eigenvalue weighted by atomic mass is 35.5. The highest BCUT2D eigenvalue weighted by Gasteiger charge is 2.30. The number of benzene rings is 2. The summed E-state index contributed by atoms with van der Waals surface area (Å²) in [6, 6.07) is 13.2. The highest BCUT2D eigenvalue weighted by molar-refractivity contribution is 6.39. The van der Waals surface area contributed by atoms with Gasteiger partial charge in [-0.2, -0.15) is 0 Å². The van der Waals surface area contributed by atoms with Gasteiger partial charge in [-0.05, 0) is 42.1 Å². The van der Waals surface area contributed by atoms with E-state index in [1.165, 1.54) is 13.0 Å². The van der Waals surface area contributed by atoms with Gasteiger partial charge in [0.1, 0.15) is 5.76 Å². The van der Waals surface area contributed by atoms with Crippen molar-refractivity contribution in [3.8, 4) is 11.1 Å². The first kappa shape index (κ1) is 25.9. The maximum atomic E-state index is 13.0. The van der Waals surface area contributed by atoms with Crippen molar-refractivity contribution in [2.45, 2.75) is 32.1 Å². The molecule has 35 heavy (non-hydrogen) atoms. The summed E-state index contributed by atoms with van der Waals surface area (Å²) < 4.78 is 0. The van der Waals surface area contributed by atoms with Crippen molar-refractivity contribution < 1.29 is 9.90 Å². The molecule has 2 aromatic carbocycles. The third-order valence-electron chi connectivity index (χ3n) is 6.89. The quantitative estimate of drug-likeness (QED) is 0.438. The maximum Gasteiger partial charge on any atom is 0.168 e. The van der Waals surface area contributed by atoms with Gasteiger partial charge in [-0.15, -0.1) is 0 Å². The van der Waals surface area contributed by atoms with Crippen LogP contribution >= 0.6 is 23.2 Å². The normalized spacial score (nSPS) is 20.2. The lowest BCUT2D eigenvalue weighted by atomic mass is 9.80. The van der Waals surface area contributed by atoms with Crippen LogP contribution in [0.5, 0.6) is 0 Å². The molecule has 1 N–H and O–H groups in total. The fourth-order valence-corrected chi connectivity index (χ4v) is 5.62. The Morgan fingerprint density at radius 1 is 0.971 bits per heavy atom. The fraction of sp³-hybridized carbons (Fsp3) is 0.429. The van der Waals surface area contributed by atoms with E-state index >= 15 is 0 Å². The molecule has 0 radical (unpaired) electrons. The van der Waals surface area contributed by atoms with Crippen molar-refractivity contribution in [1.29, 1.82) is 0 Å². The van der Waals surface area contributed by atoms with Gasteiger partial charge < -0.3 is 10.0 Å². The van der Waals surface area contributed by atoms with E-state index in [9.17, 15) is 9.90 Å². The summed E-state index contributed by atoms with van der Waals surface area (Å²) in [5.74, 6) is -0.137. The van der Waals surface area contributed by atoms with Crippen molar-refractivity contribution in [2.75, 3.05) is 45.8 Å². The Bertz CT molecular complexity index is 1090. The third-order valence-corrected chi connectivity index (χ3v) is 7.52. The van der Waals surface area contributed by atoms with Crippen molar-refractivity contribution in [3.63, 3.8) is 0 Å². The predicted octanol–water partition coefficient (Wildman–Crippen LogP) is 6.02. The topological polar surface area (TPSA) is 56.1 Å². The number of hydrogen-bond donors (Lipinski definition) is 1. The number of halogens is 2. The van der Waals surface area contributed by atoms with Gasteiger partial charge in [0.15, 0.2) is 5.78 Å². The number of nitrogens with zero attached hydrogens (tertiary/aromatic N) is 3. The first-order valence-corrected chi connectivity index (χ1v) is 13.2. The molecule has 1 unspecified atom stereocenters. The molecule has 1 aliphatic heterocycles. The Morgan fingerprint density at radius 2 is 1.63 bits per heavy atom. The molecule has 0 bridgehead atoms. The van der Waals surface area contributed by atoms with Crippen LogP contribution in [0.4, 0.5) is 0 Å². The molecular weight excluding hydrogens is 481 g/mol. The predicted molar refractivity (Wildman–Crippen MR) is 145 cm³/mol. The molecule has 1 saturated heterocycles. The molecule has 2 aromatic rings. The van der Waals surface area contributed by atoms with E-state index < -0.39 is 0 Å². The zero-order chi connectivity index (χ0) is 24.8. The molecule has 0 aromatic heterocycles. The minimum absolute atomic E-state index is 0.0873. The minimum Gasteiger partial charge on any atom is -0.511 e. The van der Waals surface area contributed by atoms with E-state index in [1.807, 2.05) is 42.5 Å². The first-order valence-electron chi connectivity index (χ1n) is 12.4. The van der Waals surface area contributed by atoms with Crippen LogP contribution in [0.2, 0.25) is 10.0 Å². The number of carbonyl (C=O) groups is 1. The molecule has 4 rings (SSSR count). The van der Waals surface area contributed by atoms with Gasteiger partial charge in [-0.25, -0.2) is 0 Å². The lowest BCUT2D eigenvalue weighted by Gasteiger charge is -2.34. The Kier molecular flexibility index (Phi) is 9.01. The number of rotatable bonds is 8. The van der Waals surface area contributed by atoms with Crippen molar-refractivity contribution in [2.24, 2.45) is 4.99 Å². The van der Waals surface area contributed by atoms with Gasteiger partial charge >= 0.3 is 0 Å². The highest BCUT2D eigenvalue weighted by Crippen LogP contribution is 2.42.